The van der Waals surface area contributed by atoms with Gasteiger partial charge in [-0.05, 0) is 31.5 Å². The van der Waals surface area contributed by atoms with E-state index >= 15 is 0 Å². The van der Waals surface area contributed by atoms with Gasteiger partial charge in [0.15, 0.2) is 0 Å². The minimum atomic E-state index is -0.404. The maximum Gasteiger partial charge on any atom is 0.274 e. The number of hydrogen-bond donors (Lipinski definition) is 2. The fourth-order valence-corrected chi connectivity index (χ4v) is 1.93. The number of aromatic nitrogens is 2. The SMILES string of the molecule is CCCCNc1cc(C(=O)Nc2cccc(F)c2)nc(C)n1. The number of rotatable bonds is 6. The molecule has 0 saturated heterocycles. The van der Waals surface area contributed by atoms with Crippen LogP contribution < -0.4 is 10.6 Å². The van der Waals surface area contributed by atoms with Crippen LogP contribution in [0.2, 0.25) is 0 Å². The molecule has 0 aliphatic heterocycles. The summed E-state index contributed by atoms with van der Waals surface area (Å²) in [4.78, 5) is 20.6. The Morgan fingerprint density at radius 2 is 2.09 bits per heavy atom. The minimum absolute atomic E-state index is 0.246. The third kappa shape index (κ3) is 4.51. The average Bonchev–Trinajstić information content (AvgIpc) is 2.47. The number of carbonyl (C=O) groups is 1. The fraction of sp³-hybridized carbons (Fsp3) is 0.312. The maximum absolute atomic E-state index is 13.1. The van der Waals surface area contributed by atoms with Crippen LogP contribution in [-0.2, 0) is 0 Å². The summed E-state index contributed by atoms with van der Waals surface area (Å²) in [5.74, 6) is 0.324. The van der Waals surface area contributed by atoms with E-state index < -0.39 is 11.7 Å². The Bertz CT molecular complexity index is 660. The van der Waals surface area contributed by atoms with Crippen LogP contribution in [0, 0.1) is 12.7 Å². The second kappa shape index (κ2) is 7.49. The van der Waals surface area contributed by atoms with Gasteiger partial charge in [0.05, 0.1) is 0 Å². The summed E-state index contributed by atoms with van der Waals surface area (Å²) in [6.45, 7) is 4.62. The Balaban J connectivity index is 2.11. The molecule has 5 nitrogen and oxygen atoms in total. The van der Waals surface area contributed by atoms with Gasteiger partial charge in [0.25, 0.3) is 5.91 Å². The van der Waals surface area contributed by atoms with E-state index in [1.165, 1.54) is 18.2 Å². The summed E-state index contributed by atoms with van der Waals surface area (Å²) in [7, 11) is 0. The lowest BCUT2D eigenvalue weighted by Crippen LogP contribution is -2.16. The Labute approximate surface area is 129 Å². The summed E-state index contributed by atoms with van der Waals surface area (Å²) in [5.41, 5.74) is 0.637. The van der Waals surface area contributed by atoms with Gasteiger partial charge in [-0.25, -0.2) is 14.4 Å². The molecule has 1 amide bonds. The zero-order chi connectivity index (χ0) is 15.9. The van der Waals surface area contributed by atoms with Crippen molar-refractivity contribution in [2.24, 2.45) is 0 Å². The zero-order valence-corrected chi connectivity index (χ0v) is 12.7. The van der Waals surface area contributed by atoms with Crippen LogP contribution in [0.15, 0.2) is 30.3 Å². The molecule has 2 rings (SSSR count). The molecule has 0 fully saturated rings. The molecular formula is C16H19FN4O. The molecule has 2 N–H and O–H groups in total. The van der Waals surface area contributed by atoms with Crippen molar-refractivity contribution in [1.29, 1.82) is 0 Å². The van der Waals surface area contributed by atoms with Gasteiger partial charge in [0, 0.05) is 18.3 Å². The van der Waals surface area contributed by atoms with Gasteiger partial charge >= 0.3 is 0 Å². The second-order valence-electron chi connectivity index (χ2n) is 4.93. The van der Waals surface area contributed by atoms with Crippen molar-refractivity contribution >= 4 is 17.4 Å². The number of amides is 1. The average molecular weight is 302 g/mol. The normalized spacial score (nSPS) is 10.3. The largest absolute Gasteiger partial charge is 0.370 e. The number of carbonyl (C=O) groups excluding carboxylic acids is 1. The van der Waals surface area contributed by atoms with Gasteiger partial charge in [-0.1, -0.05) is 19.4 Å². The molecule has 0 aliphatic carbocycles. The third-order valence-electron chi connectivity index (χ3n) is 2.99. The van der Waals surface area contributed by atoms with Crippen molar-refractivity contribution in [3.8, 4) is 0 Å². The van der Waals surface area contributed by atoms with Crippen LogP contribution in [0.3, 0.4) is 0 Å². The zero-order valence-electron chi connectivity index (χ0n) is 12.7. The number of benzene rings is 1. The van der Waals surface area contributed by atoms with E-state index in [2.05, 4.69) is 27.5 Å². The molecule has 0 bridgehead atoms. The molecule has 0 aliphatic rings. The topological polar surface area (TPSA) is 66.9 Å². The molecule has 1 aromatic carbocycles. The molecule has 0 spiro atoms. The highest BCUT2D eigenvalue weighted by molar-refractivity contribution is 6.03. The molecule has 0 atom stereocenters. The first kappa shape index (κ1) is 15.9. The van der Waals surface area contributed by atoms with Crippen molar-refractivity contribution in [2.75, 3.05) is 17.2 Å². The van der Waals surface area contributed by atoms with Gasteiger partial charge in [0.2, 0.25) is 0 Å². The van der Waals surface area contributed by atoms with Gasteiger partial charge < -0.3 is 10.6 Å². The number of anilines is 2. The van der Waals surface area contributed by atoms with E-state index in [9.17, 15) is 9.18 Å². The van der Waals surface area contributed by atoms with Crippen LogP contribution >= 0.6 is 0 Å². The quantitative estimate of drug-likeness (QED) is 0.803. The van der Waals surface area contributed by atoms with Gasteiger partial charge in [-0.2, -0.15) is 0 Å². The third-order valence-corrected chi connectivity index (χ3v) is 2.99. The number of hydrogen-bond acceptors (Lipinski definition) is 4. The van der Waals surface area contributed by atoms with Crippen LogP contribution in [0.1, 0.15) is 36.1 Å². The molecule has 22 heavy (non-hydrogen) atoms. The lowest BCUT2D eigenvalue weighted by atomic mass is 10.3. The second-order valence-corrected chi connectivity index (χ2v) is 4.93. The maximum atomic E-state index is 13.1. The first-order valence-corrected chi connectivity index (χ1v) is 7.25. The highest BCUT2D eigenvalue weighted by Gasteiger charge is 2.11. The number of halogens is 1. The molecule has 0 unspecified atom stereocenters. The van der Waals surface area contributed by atoms with E-state index in [-0.39, 0.29) is 5.69 Å². The summed E-state index contributed by atoms with van der Waals surface area (Å²) in [6, 6.07) is 7.33. The Hall–Kier alpha value is -2.50. The predicted octanol–water partition coefficient (Wildman–Crippen LogP) is 3.39. The first-order valence-electron chi connectivity index (χ1n) is 7.25. The highest BCUT2D eigenvalue weighted by Crippen LogP contribution is 2.12. The van der Waals surface area contributed by atoms with Gasteiger partial charge in [0.1, 0.15) is 23.2 Å². The Morgan fingerprint density at radius 1 is 1.27 bits per heavy atom. The molecule has 0 radical (unpaired) electrons. The Kier molecular flexibility index (Phi) is 5.41. The molecule has 0 saturated carbocycles. The van der Waals surface area contributed by atoms with Crippen molar-refractivity contribution in [1.82, 2.24) is 9.97 Å². The summed E-state index contributed by atoms with van der Waals surface area (Å²) in [6.07, 6.45) is 2.10. The first-order chi connectivity index (χ1) is 10.6. The lowest BCUT2D eigenvalue weighted by molar-refractivity contribution is 0.102. The van der Waals surface area contributed by atoms with Crippen molar-refractivity contribution in [3.63, 3.8) is 0 Å². The highest BCUT2D eigenvalue weighted by atomic mass is 19.1. The van der Waals surface area contributed by atoms with Crippen LogP contribution in [0.4, 0.5) is 15.9 Å². The molecule has 6 heteroatoms. The van der Waals surface area contributed by atoms with Crippen LogP contribution in [0.5, 0.6) is 0 Å². The molecular weight excluding hydrogens is 283 g/mol. The molecule has 1 aromatic heterocycles. The molecule has 2 aromatic rings. The molecule has 1 heterocycles. The van der Waals surface area contributed by atoms with E-state index in [0.29, 0.717) is 17.3 Å². The summed E-state index contributed by atoms with van der Waals surface area (Å²) >= 11 is 0. The van der Waals surface area contributed by atoms with Crippen molar-refractivity contribution in [2.45, 2.75) is 26.7 Å². The number of aryl methyl sites for hydroxylation is 1. The van der Waals surface area contributed by atoms with Crippen molar-refractivity contribution in [3.05, 3.63) is 47.7 Å². The van der Waals surface area contributed by atoms with E-state index in [1.807, 2.05) is 0 Å². The minimum Gasteiger partial charge on any atom is -0.370 e. The smallest absolute Gasteiger partial charge is 0.274 e. The number of unbranched alkanes of at least 4 members (excludes halogenated alkanes) is 1. The lowest BCUT2D eigenvalue weighted by Gasteiger charge is -2.09. The van der Waals surface area contributed by atoms with Gasteiger partial charge in [-0.15, -0.1) is 0 Å². The summed E-state index contributed by atoms with van der Waals surface area (Å²) in [5, 5.41) is 5.79. The standard InChI is InChI=1S/C16H19FN4O/c1-3-4-8-18-15-10-14(19-11(2)20-15)16(22)21-13-7-5-6-12(17)9-13/h5-7,9-10H,3-4,8H2,1-2H3,(H,21,22)(H,18,19,20). The van der Waals surface area contributed by atoms with E-state index in [4.69, 9.17) is 0 Å². The number of nitrogens with zero attached hydrogens (tertiary/aromatic N) is 2. The van der Waals surface area contributed by atoms with Crippen LogP contribution in [0.25, 0.3) is 0 Å². The fourth-order valence-electron chi connectivity index (χ4n) is 1.93. The number of nitrogens with one attached hydrogen (secondary N) is 2. The van der Waals surface area contributed by atoms with E-state index in [0.717, 1.165) is 19.4 Å². The molecule has 116 valence electrons. The summed E-state index contributed by atoms with van der Waals surface area (Å²) < 4.78 is 13.1. The van der Waals surface area contributed by atoms with Gasteiger partial charge in [-0.3, -0.25) is 4.79 Å². The van der Waals surface area contributed by atoms with E-state index in [1.54, 1.807) is 19.1 Å². The van der Waals surface area contributed by atoms with Crippen molar-refractivity contribution < 1.29 is 9.18 Å². The van der Waals surface area contributed by atoms with Crippen LogP contribution in [-0.4, -0.2) is 22.4 Å². The predicted molar refractivity (Wildman–Crippen MR) is 84.5 cm³/mol. The Morgan fingerprint density at radius 3 is 2.82 bits per heavy atom. The monoisotopic (exact) mass is 302 g/mol.